The lowest BCUT2D eigenvalue weighted by Gasteiger charge is -2.09. The van der Waals surface area contributed by atoms with E-state index in [1.54, 1.807) is 29.2 Å². The maximum Gasteiger partial charge on any atom is 0.341 e. The Balaban J connectivity index is 1.71. The Kier molecular flexibility index (Phi) is 3.77. The number of H-pyrrole nitrogens is 1. The summed E-state index contributed by atoms with van der Waals surface area (Å²) in [4.78, 5) is 32.2. The molecule has 4 rings (SSSR count). The Morgan fingerprint density at radius 2 is 2.27 bits per heavy atom. The summed E-state index contributed by atoms with van der Waals surface area (Å²) < 4.78 is 11.6. The molecule has 0 aromatic carbocycles. The second-order valence-corrected chi connectivity index (χ2v) is 5.40. The van der Waals surface area contributed by atoms with Gasteiger partial charge in [-0.15, -0.1) is 0 Å². The smallest absolute Gasteiger partial charge is 0.341 e. The van der Waals surface area contributed by atoms with E-state index in [4.69, 9.17) is 9.26 Å². The van der Waals surface area contributed by atoms with Gasteiger partial charge in [-0.3, -0.25) is 9.78 Å². The average molecular weight is 352 g/mol. The third-order valence-corrected chi connectivity index (χ3v) is 3.72. The second kappa shape index (κ2) is 6.24. The summed E-state index contributed by atoms with van der Waals surface area (Å²) in [5.41, 5.74) is 0.992. The standard InChI is InChI=1S/C16H12N6O4/c1-25-16(24)11-7-22(6-10-13(11)19-20-15(10)23)8-12-18-14(21-26-12)9-3-2-4-17-5-9/h2-7H,8H2,1H3,(H,20,23). The van der Waals surface area contributed by atoms with Gasteiger partial charge in [0.05, 0.1) is 12.7 Å². The molecule has 2 aromatic heterocycles. The van der Waals surface area contributed by atoms with E-state index in [1.807, 2.05) is 6.07 Å². The van der Waals surface area contributed by atoms with Crippen LogP contribution in [0, 0.1) is 0 Å². The number of hydrogen-bond donors (Lipinski definition) is 1. The average Bonchev–Trinajstić information content (AvgIpc) is 3.29. The van der Waals surface area contributed by atoms with Gasteiger partial charge >= 0.3 is 5.97 Å². The molecule has 26 heavy (non-hydrogen) atoms. The minimum atomic E-state index is -0.600. The quantitative estimate of drug-likeness (QED) is 0.538. The van der Waals surface area contributed by atoms with Crippen molar-refractivity contribution in [3.63, 3.8) is 0 Å². The molecule has 4 heterocycles. The van der Waals surface area contributed by atoms with Crippen LogP contribution in [0.2, 0.25) is 0 Å². The van der Waals surface area contributed by atoms with E-state index < -0.39 is 11.5 Å². The van der Waals surface area contributed by atoms with Gasteiger partial charge in [0.25, 0.3) is 5.56 Å². The molecule has 0 saturated heterocycles. The predicted octanol–water partition coefficient (Wildman–Crippen LogP) is 0.956. The van der Waals surface area contributed by atoms with E-state index in [1.165, 1.54) is 13.3 Å². The molecule has 0 amide bonds. The molecule has 10 heteroatoms. The molecule has 0 bridgehead atoms. The highest BCUT2D eigenvalue weighted by atomic mass is 16.5. The van der Waals surface area contributed by atoms with Gasteiger partial charge in [0.15, 0.2) is 0 Å². The number of hydrogen-bond acceptors (Lipinski definition) is 8. The molecule has 2 aliphatic heterocycles. The first kappa shape index (κ1) is 15.7. The van der Waals surface area contributed by atoms with Crippen molar-refractivity contribution in [2.75, 3.05) is 7.11 Å². The largest absolute Gasteiger partial charge is 0.465 e. The minimum Gasteiger partial charge on any atom is -0.465 e. The summed E-state index contributed by atoms with van der Waals surface area (Å²) in [5, 5.41) is 10.1. The first-order valence-electron chi connectivity index (χ1n) is 7.55. The van der Waals surface area contributed by atoms with Gasteiger partial charge in [-0.1, -0.05) is 5.16 Å². The lowest BCUT2D eigenvalue weighted by Crippen LogP contribution is -2.12. The molecular weight excluding hydrogens is 340 g/mol. The summed E-state index contributed by atoms with van der Waals surface area (Å²) in [7, 11) is 1.26. The first-order chi connectivity index (χ1) is 12.7. The number of pyridine rings is 2. The molecular formula is C16H12N6O4. The van der Waals surface area contributed by atoms with Crippen LogP contribution in [0.3, 0.4) is 0 Å². The third kappa shape index (κ3) is 2.73. The zero-order chi connectivity index (χ0) is 18.1. The molecule has 0 aliphatic carbocycles. The number of aromatic amines is 1. The van der Waals surface area contributed by atoms with E-state index >= 15 is 0 Å². The van der Waals surface area contributed by atoms with Crippen LogP contribution in [0.25, 0.3) is 22.6 Å². The Morgan fingerprint density at radius 1 is 1.38 bits per heavy atom. The predicted molar refractivity (Wildman–Crippen MR) is 87.4 cm³/mol. The van der Waals surface area contributed by atoms with Crippen LogP contribution in [0.1, 0.15) is 16.2 Å². The number of nitrogens with zero attached hydrogens (tertiary/aromatic N) is 5. The van der Waals surface area contributed by atoms with E-state index in [9.17, 15) is 9.59 Å². The van der Waals surface area contributed by atoms with Crippen molar-refractivity contribution in [2.45, 2.75) is 6.54 Å². The molecule has 1 N–H and O–H groups in total. The molecule has 2 aliphatic rings. The van der Waals surface area contributed by atoms with Crippen molar-refractivity contribution in [1.29, 1.82) is 0 Å². The van der Waals surface area contributed by atoms with Crippen LogP contribution in [0.4, 0.5) is 0 Å². The summed E-state index contributed by atoms with van der Waals surface area (Å²) in [6, 6.07) is 3.58. The lowest BCUT2D eigenvalue weighted by atomic mass is 10.1. The van der Waals surface area contributed by atoms with E-state index in [0.717, 1.165) is 5.56 Å². The molecule has 10 nitrogen and oxygen atoms in total. The number of aromatic nitrogens is 6. The van der Waals surface area contributed by atoms with Crippen molar-refractivity contribution in [3.05, 3.63) is 58.7 Å². The topological polar surface area (TPSA) is 129 Å². The number of rotatable bonds is 4. The van der Waals surface area contributed by atoms with Crippen LogP contribution >= 0.6 is 0 Å². The Morgan fingerprint density at radius 3 is 3.04 bits per heavy atom. The van der Waals surface area contributed by atoms with Gasteiger partial charge < -0.3 is 13.8 Å². The van der Waals surface area contributed by atoms with Crippen molar-refractivity contribution in [3.8, 4) is 22.6 Å². The third-order valence-electron chi connectivity index (χ3n) is 3.72. The van der Waals surface area contributed by atoms with Gasteiger partial charge in [0.2, 0.25) is 11.7 Å². The highest BCUT2D eigenvalue weighted by Gasteiger charge is 2.22. The van der Waals surface area contributed by atoms with Crippen LogP contribution < -0.4 is 5.56 Å². The summed E-state index contributed by atoms with van der Waals surface area (Å²) in [6.07, 6.45) is 6.34. The summed E-state index contributed by atoms with van der Waals surface area (Å²) in [5.74, 6) is 0.105. The normalized spacial score (nSPS) is 11.0. The van der Waals surface area contributed by atoms with Crippen molar-refractivity contribution in [1.82, 2.24) is 29.9 Å². The number of carbonyl (C=O) groups excluding carboxylic acids is 1. The maximum atomic E-state index is 12.0. The molecule has 0 fully saturated rings. The Labute approximate surface area is 145 Å². The number of esters is 1. The van der Waals surface area contributed by atoms with Gasteiger partial charge in [-0.25, -0.2) is 9.89 Å². The molecule has 0 spiro atoms. The second-order valence-electron chi connectivity index (χ2n) is 5.40. The Hall–Kier alpha value is -3.82. The zero-order valence-electron chi connectivity index (χ0n) is 13.5. The fourth-order valence-electron chi connectivity index (χ4n) is 2.53. The molecule has 2 aromatic rings. The number of fused-ring (bicyclic) bond motifs is 1. The highest BCUT2D eigenvalue weighted by molar-refractivity contribution is 5.95. The number of ether oxygens (including phenoxy) is 1. The van der Waals surface area contributed by atoms with Crippen LogP contribution in [-0.2, 0) is 11.3 Å². The highest BCUT2D eigenvalue weighted by Crippen LogP contribution is 2.21. The summed E-state index contributed by atoms with van der Waals surface area (Å²) in [6.45, 7) is 0.165. The lowest BCUT2D eigenvalue weighted by molar-refractivity contribution is 0.0600. The van der Waals surface area contributed by atoms with Crippen LogP contribution in [-0.4, -0.2) is 43.0 Å². The monoisotopic (exact) mass is 352 g/mol. The summed E-state index contributed by atoms with van der Waals surface area (Å²) >= 11 is 0. The van der Waals surface area contributed by atoms with Gasteiger partial charge in [0.1, 0.15) is 17.8 Å². The van der Waals surface area contributed by atoms with Gasteiger partial charge in [0, 0.05) is 30.4 Å². The number of methoxy groups -OCH3 is 1. The van der Waals surface area contributed by atoms with Gasteiger partial charge in [-0.2, -0.15) is 10.1 Å². The van der Waals surface area contributed by atoms with Crippen molar-refractivity contribution in [2.24, 2.45) is 0 Å². The fourth-order valence-corrected chi connectivity index (χ4v) is 2.53. The van der Waals surface area contributed by atoms with Crippen molar-refractivity contribution >= 4 is 5.97 Å². The van der Waals surface area contributed by atoms with Gasteiger partial charge in [-0.05, 0) is 12.1 Å². The molecule has 0 atom stereocenters. The molecule has 0 unspecified atom stereocenters. The molecule has 130 valence electrons. The van der Waals surface area contributed by atoms with Crippen LogP contribution in [0.15, 0.2) is 46.2 Å². The first-order valence-corrected chi connectivity index (χ1v) is 7.55. The fraction of sp³-hybridized carbons (Fsp3) is 0.125. The van der Waals surface area contributed by atoms with E-state index in [0.29, 0.717) is 11.7 Å². The number of nitrogens with one attached hydrogen (secondary N) is 1. The molecule has 0 saturated carbocycles. The maximum absolute atomic E-state index is 12.0. The SMILES string of the molecule is COC(=O)c1cn(Cc2nc(-c3cccnc3)no2)cc2c(=O)[nH]nc1-2. The minimum absolute atomic E-state index is 0.162. The van der Waals surface area contributed by atoms with E-state index in [2.05, 4.69) is 25.3 Å². The van der Waals surface area contributed by atoms with Crippen LogP contribution in [0.5, 0.6) is 0 Å². The zero-order valence-corrected chi connectivity index (χ0v) is 13.5. The molecule has 0 radical (unpaired) electrons. The number of carbonyl (C=O) groups is 1. The Bertz CT molecular complexity index is 1100. The van der Waals surface area contributed by atoms with E-state index in [-0.39, 0.29) is 23.4 Å². The van der Waals surface area contributed by atoms with Crippen molar-refractivity contribution < 1.29 is 14.1 Å².